The van der Waals surface area contributed by atoms with Crippen LogP contribution in [0.2, 0.25) is 0 Å². The zero-order valence-corrected chi connectivity index (χ0v) is 14.6. The fraction of sp³-hybridized carbons (Fsp3) is 0.0455. The van der Waals surface area contributed by atoms with E-state index in [4.69, 9.17) is 5.73 Å². The predicted molar refractivity (Wildman–Crippen MR) is 107 cm³/mol. The number of carbonyl (C=O) groups is 1. The standard InChI is InChI=1S/C22H18N4O/c23-21(27)19-11-4-3-10-18(19)20-12-13-24-22(26-20)25-14-16-8-5-7-15-6-1-2-9-17(15)16/h1-13H,14H2,(H2,23,27)(H,24,25,26). The maximum absolute atomic E-state index is 11.7. The van der Waals surface area contributed by atoms with Crippen LogP contribution in [0.15, 0.2) is 79.0 Å². The van der Waals surface area contributed by atoms with Gasteiger partial charge in [-0.2, -0.15) is 0 Å². The molecule has 1 aromatic heterocycles. The van der Waals surface area contributed by atoms with Gasteiger partial charge in [0.1, 0.15) is 0 Å². The van der Waals surface area contributed by atoms with Crippen LogP contribution in [0.25, 0.3) is 22.0 Å². The summed E-state index contributed by atoms with van der Waals surface area (Å²) < 4.78 is 0. The summed E-state index contributed by atoms with van der Waals surface area (Å²) in [7, 11) is 0. The first-order chi connectivity index (χ1) is 13.2. The van der Waals surface area contributed by atoms with Crippen LogP contribution in [-0.2, 0) is 6.54 Å². The van der Waals surface area contributed by atoms with Crippen molar-refractivity contribution in [2.24, 2.45) is 5.73 Å². The normalized spacial score (nSPS) is 10.7. The third-order valence-corrected chi connectivity index (χ3v) is 4.44. The van der Waals surface area contributed by atoms with E-state index in [9.17, 15) is 4.79 Å². The molecule has 5 nitrogen and oxygen atoms in total. The number of amides is 1. The Hall–Kier alpha value is -3.73. The first kappa shape index (κ1) is 16.7. The first-order valence-electron chi connectivity index (χ1n) is 8.65. The second kappa shape index (κ2) is 7.25. The molecule has 0 spiro atoms. The summed E-state index contributed by atoms with van der Waals surface area (Å²) in [6, 6.07) is 23.4. The molecular formula is C22H18N4O. The van der Waals surface area contributed by atoms with Crippen LogP contribution in [0.3, 0.4) is 0 Å². The minimum atomic E-state index is -0.477. The lowest BCUT2D eigenvalue weighted by Crippen LogP contribution is -2.12. The number of nitrogens with two attached hydrogens (primary N) is 1. The number of hydrogen-bond donors (Lipinski definition) is 2. The van der Waals surface area contributed by atoms with Gasteiger partial charge in [-0.15, -0.1) is 0 Å². The van der Waals surface area contributed by atoms with Crippen LogP contribution in [0.1, 0.15) is 15.9 Å². The second-order valence-electron chi connectivity index (χ2n) is 6.17. The molecule has 0 atom stereocenters. The van der Waals surface area contributed by atoms with E-state index in [2.05, 4.69) is 39.6 Å². The molecule has 0 fully saturated rings. The Balaban J connectivity index is 1.61. The van der Waals surface area contributed by atoms with E-state index in [-0.39, 0.29) is 0 Å². The first-order valence-corrected chi connectivity index (χ1v) is 8.65. The number of hydrogen-bond acceptors (Lipinski definition) is 4. The van der Waals surface area contributed by atoms with E-state index in [1.54, 1.807) is 24.4 Å². The van der Waals surface area contributed by atoms with E-state index in [0.717, 1.165) is 0 Å². The molecule has 0 aliphatic heterocycles. The van der Waals surface area contributed by atoms with Crippen LogP contribution >= 0.6 is 0 Å². The van der Waals surface area contributed by atoms with Crippen LogP contribution in [0.4, 0.5) is 5.95 Å². The molecule has 0 saturated carbocycles. The van der Waals surface area contributed by atoms with Crippen molar-refractivity contribution >= 4 is 22.6 Å². The predicted octanol–water partition coefficient (Wildman–Crippen LogP) is 4.01. The summed E-state index contributed by atoms with van der Waals surface area (Å²) in [6.07, 6.45) is 1.67. The number of anilines is 1. The van der Waals surface area contributed by atoms with Crippen molar-refractivity contribution in [1.82, 2.24) is 9.97 Å². The van der Waals surface area contributed by atoms with Crippen LogP contribution in [0, 0.1) is 0 Å². The summed E-state index contributed by atoms with van der Waals surface area (Å²) in [5.41, 5.74) is 8.43. The maximum atomic E-state index is 11.7. The van der Waals surface area contributed by atoms with Gasteiger partial charge < -0.3 is 11.1 Å². The molecule has 0 bridgehead atoms. The number of benzene rings is 3. The fourth-order valence-corrected chi connectivity index (χ4v) is 3.14. The van der Waals surface area contributed by atoms with Gasteiger partial charge in [-0.3, -0.25) is 4.79 Å². The Morgan fingerprint density at radius 1 is 0.926 bits per heavy atom. The third-order valence-electron chi connectivity index (χ3n) is 4.44. The molecule has 132 valence electrons. The topological polar surface area (TPSA) is 80.9 Å². The zero-order valence-electron chi connectivity index (χ0n) is 14.6. The summed E-state index contributed by atoms with van der Waals surface area (Å²) >= 11 is 0. The van der Waals surface area contributed by atoms with Gasteiger partial charge in [0.15, 0.2) is 0 Å². The van der Waals surface area contributed by atoms with E-state index >= 15 is 0 Å². The van der Waals surface area contributed by atoms with E-state index in [0.29, 0.717) is 29.3 Å². The van der Waals surface area contributed by atoms with Gasteiger partial charge in [0.05, 0.1) is 5.69 Å². The highest BCUT2D eigenvalue weighted by Crippen LogP contribution is 2.23. The monoisotopic (exact) mass is 354 g/mol. The number of aromatic nitrogens is 2. The molecule has 4 rings (SSSR count). The number of nitrogens with one attached hydrogen (secondary N) is 1. The summed E-state index contributed by atoms with van der Waals surface area (Å²) in [5.74, 6) is 0.0224. The fourth-order valence-electron chi connectivity index (χ4n) is 3.14. The minimum Gasteiger partial charge on any atom is -0.366 e. The van der Waals surface area contributed by atoms with Crippen molar-refractivity contribution in [2.45, 2.75) is 6.54 Å². The summed E-state index contributed by atoms with van der Waals surface area (Å²) in [5, 5.41) is 5.67. The van der Waals surface area contributed by atoms with Gasteiger partial charge in [-0.25, -0.2) is 9.97 Å². The molecular weight excluding hydrogens is 336 g/mol. The number of nitrogens with zero attached hydrogens (tertiary/aromatic N) is 2. The smallest absolute Gasteiger partial charge is 0.249 e. The Morgan fingerprint density at radius 3 is 2.59 bits per heavy atom. The van der Waals surface area contributed by atoms with Gasteiger partial charge in [-0.05, 0) is 28.5 Å². The Bertz CT molecular complexity index is 1120. The molecule has 0 aliphatic rings. The molecule has 0 aliphatic carbocycles. The lowest BCUT2D eigenvalue weighted by molar-refractivity contribution is 0.100. The molecule has 0 saturated heterocycles. The van der Waals surface area contributed by atoms with Crippen molar-refractivity contribution in [3.63, 3.8) is 0 Å². The second-order valence-corrected chi connectivity index (χ2v) is 6.17. The number of carbonyl (C=O) groups excluding carboxylic acids is 1. The highest BCUT2D eigenvalue weighted by molar-refractivity contribution is 5.99. The van der Waals surface area contributed by atoms with Crippen molar-refractivity contribution < 1.29 is 4.79 Å². The van der Waals surface area contributed by atoms with Gasteiger partial charge in [-0.1, -0.05) is 60.7 Å². The highest BCUT2D eigenvalue weighted by atomic mass is 16.1. The van der Waals surface area contributed by atoms with Gasteiger partial charge in [0, 0.05) is 23.9 Å². The van der Waals surface area contributed by atoms with Crippen molar-refractivity contribution in [3.05, 3.63) is 90.1 Å². The maximum Gasteiger partial charge on any atom is 0.249 e. The lowest BCUT2D eigenvalue weighted by Gasteiger charge is -2.10. The van der Waals surface area contributed by atoms with Crippen molar-refractivity contribution in [3.8, 4) is 11.3 Å². The minimum absolute atomic E-state index is 0.441. The van der Waals surface area contributed by atoms with Crippen molar-refractivity contribution in [1.29, 1.82) is 0 Å². The molecule has 0 unspecified atom stereocenters. The Morgan fingerprint density at radius 2 is 1.70 bits per heavy atom. The Kier molecular flexibility index (Phi) is 4.49. The van der Waals surface area contributed by atoms with Crippen LogP contribution in [0.5, 0.6) is 0 Å². The van der Waals surface area contributed by atoms with E-state index in [1.165, 1.54) is 16.3 Å². The average Bonchev–Trinajstić information content (AvgIpc) is 2.72. The molecule has 27 heavy (non-hydrogen) atoms. The summed E-state index contributed by atoms with van der Waals surface area (Å²) in [6.45, 7) is 0.599. The molecule has 5 heteroatoms. The number of fused-ring (bicyclic) bond motifs is 1. The molecule has 4 aromatic rings. The Labute approximate surface area is 156 Å². The van der Waals surface area contributed by atoms with Crippen LogP contribution < -0.4 is 11.1 Å². The SMILES string of the molecule is NC(=O)c1ccccc1-c1ccnc(NCc2cccc3ccccc23)n1. The average molecular weight is 354 g/mol. The van der Waals surface area contributed by atoms with Gasteiger partial charge in [0.25, 0.3) is 0 Å². The van der Waals surface area contributed by atoms with Gasteiger partial charge in [0.2, 0.25) is 11.9 Å². The van der Waals surface area contributed by atoms with E-state index in [1.807, 2.05) is 30.3 Å². The molecule has 3 aromatic carbocycles. The molecule has 3 N–H and O–H groups in total. The third kappa shape index (κ3) is 3.48. The molecule has 1 amide bonds. The largest absolute Gasteiger partial charge is 0.366 e. The quantitative estimate of drug-likeness (QED) is 0.567. The highest BCUT2D eigenvalue weighted by Gasteiger charge is 2.11. The van der Waals surface area contributed by atoms with Crippen molar-refractivity contribution in [2.75, 3.05) is 5.32 Å². The lowest BCUT2D eigenvalue weighted by atomic mass is 10.0. The van der Waals surface area contributed by atoms with Crippen LogP contribution in [-0.4, -0.2) is 15.9 Å². The number of primary amides is 1. The molecule has 1 heterocycles. The molecule has 0 radical (unpaired) electrons. The summed E-state index contributed by atoms with van der Waals surface area (Å²) in [4.78, 5) is 20.5. The van der Waals surface area contributed by atoms with E-state index < -0.39 is 5.91 Å². The zero-order chi connectivity index (χ0) is 18.6. The number of rotatable bonds is 5. The van der Waals surface area contributed by atoms with Gasteiger partial charge >= 0.3 is 0 Å².